The highest BCUT2D eigenvalue weighted by Crippen LogP contribution is 2.43. The van der Waals surface area contributed by atoms with Crippen molar-refractivity contribution >= 4 is 82.1 Å². The average Bonchev–Trinajstić information content (AvgIpc) is 3.87. The van der Waals surface area contributed by atoms with Gasteiger partial charge in [-0.25, -0.2) is 4.98 Å². The molecule has 0 spiro atoms. The van der Waals surface area contributed by atoms with Crippen LogP contribution in [0.15, 0.2) is 199 Å². The molecular weight excluding hydrogens is 689 g/mol. The predicted octanol–water partition coefficient (Wildman–Crippen LogP) is 15.0. The van der Waals surface area contributed by atoms with Crippen LogP contribution in [0, 0.1) is 0 Å². The lowest BCUT2D eigenvalue weighted by molar-refractivity contribution is 0.672. The van der Waals surface area contributed by atoms with Gasteiger partial charge < -0.3 is 9.32 Å². The second kappa shape index (κ2) is 12.8. The van der Waals surface area contributed by atoms with Crippen LogP contribution in [0.1, 0.15) is 0 Å². The van der Waals surface area contributed by atoms with Gasteiger partial charge in [0, 0.05) is 44.2 Å². The first-order valence-electron chi connectivity index (χ1n) is 18.5. The molecule has 4 heteroatoms. The van der Waals surface area contributed by atoms with E-state index in [-0.39, 0.29) is 0 Å². The van der Waals surface area contributed by atoms with Crippen LogP contribution in [0.3, 0.4) is 0 Å². The molecule has 0 fully saturated rings. The minimum absolute atomic E-state index is 0.877. The number of hydrogen-bond acceptors (Lipinski definition) is 4. The Balaban J connectivity index is 1.06. The molecule has 2 aromatic heterocycles. The Bertz CT molecular complexity index is 3180. The fourth-order valence-electron chi connectivity index (χ4n) is 7.90. The molecule has 9 aromatic carbocycles. The normalized spacial score (nSPS) is 11.6. The molecule has 0 amide bonds. The summed E-state index contributed by atoms with van der Waals surface area (Å²) < 4.78 is 7.72. The summed E-state index contributed by atoms with van der Waals surface area (Å²) in [6, 6.07) is 69.2. The van der Waals surface area contributed by atoms with Crippen molar-refractivity contribution < 1.29 is 4.42 Å². The molecule has 0 aliphatic heterocycles. The molecule has 0 aliphatic carbocycles. The lowest BCUT2D eigenvalue weighted by Gasteiger charge is -2.26. The number of fused-ring (bicyclic) bond motifs is 8. The van der Waals surface area contributed by atoms with Gasteiger partial charge in [0.05, 0.1) is 10.2 Å². The van der Waals surface area contributed by atoms with Gasteiger partial charge in [0.1, 0.15) is 16.2 Å². The molecule has 3 nitrogen and oxygen atoms in total. The first-order chi connectivity index (χ1) is 27.2. The molecule has 11 rings (SSSR count). The van der Waals surface area contributed by atoms with Crippen molar-refractivity contribution in [1.29, 1.82) is 0 Å². The summed E-state index contributed by atoms with van der Waals surface area (Å²) >= 11 is 1.75. The van der Waals surface area contributed by atoms with Crippen molar-refractivity contribution in [3.8, 4) is 32.8 Å². The zero-order valence-corrected chi connectivity index (χ0v) is 30.5. The molecule has 0 saturated heterocycles. The summed E-state index contributed by atoms with van der Waals surface area (Å²) in [5, 5.41) is 7.92. The maximum absolute atomic E-state index is 6.53. The highest BCUT2D eigenvalue weighted by molar-refractivity contribution is 7.22. The summed E-state index contributed by atoms with van der Waals surface area (Å²) in [4.78, 5) is 7.42. The SMILES string of the molecule is c1ccc(-c2ccc(-c3ccc(N(c4ccc5oc6c7ccccc7ccc6c5c4)c4ccc5ccc6nc(-c7ccccc7)sc6c5c4)cc3)cc2)cc1. The lowest BCUT2D eigenvalue weighted by Crippen LogP contribution is -2.09. The van der Waals surface area contributed by atoms with E-state index in [0.717, 1.165) is 60.5 Å². The highest BCUT2D eigenvalue weighted by atomic mass is 32.1. The molecule has 55 heavy (non-hydrogen) atoms. The first-order valence-corrected chi connectivity index (χ1v) is 19.3. The van der Waals surface area contributed by atoms with E-state index >= 15 is 0 Å². The van der Waals surface area contributed by atoms with Gasteiger partial charge >= 0.3 is 0 Å². The largest absolute Gasteiger partial charge is 0.455 e. The molecule has 258 valence electrons. The quantitative estimate of drug-likeness (QED) is 0.171. The fraction of sp³-hybridized carbons (Fsp3) is 0. The molecule has 0 N–H and O–H groups in total. The van der Waals surface area contributed by atoms with E-state index in [2.05, 4.69) is 193 Å². The molecule has 0 unspecified atom stereocenters. The number of hydrogen-bond donors (Lipinski definition) is 0. The molecule has 11 aromatic rings. The Kier molecular flexibility index (Phi) is 7.35. The van der Waals surface area contributed by atoms with Crippen LogP contribution in [0.25, 0.3) is 86.5 Å². The molecule has 0 aliphatic rings. The van der Waals surface area contributed by atoms with Crippen LogP contribution >= 0.6 is 11.3 Å². The number of benzene rings is 9. The maximum Gasteiger partial charge on any atom is 0.143 e. The monoisotopic (exact) mass is 720 g/mol. The van der Waals surface area contributed by atoms with Crippen LogP contribution < -0.4 is 4.90 Å². The molecule has 2 heterocycles. The Labute approximate surface area is 322 Å². The van der Waals surface area contributed by atoms with Gasteiger partial charge in [-0.15, -0.1) is 11.3 Å². The van der Waals surface area contributed by atoms with Gasteiger partial charge in [-0.3, -0.25) is 0 Å². The molecule has 0 bridgehead atoms. The Hall–Kier alpha value is -7.01. The van der Waals surface area contributed by atoms with Crippen LogP contribution in [0.4, 0.5) is 17.1 Å². The van der Waals surface area contributed by atoms with Crippen LogP contribution in [0.2, 0.25) is 0 Å². The van der Waals surface area contributed by atoms with Gasteiger partial charge in [-0.05, 0) is 87.6 Å². The average molecular weight is 721 g/mol. The second-order valence-corrected chi connectivity index (χ2v) is 15.0. The highest BCUT2D eigenvalue weighted by Gasteiger charge is 2.18. The Morgan fingerprint density at radius 1 is 0.400 bits per heavy atom. The van der Waals surface area contributed by atoms with Crippen molar-refractivity contribution in [2.75, 3.05) is 4.90 Å². The first kappa shape index (κ1) is 31.5. The van der Waals surface area contributed by atoms with E-state index in [1.165, 1.54) is 43.1 Å². The van der Waals surface area contributed by atoms with Crippen LogP contribution in [0.5, 0.6) is 0 Å². The third-order valence-electron chi connectivity index (χ3n) is 10.7. The van der Waals surface area contributed by atoms with Crippen molar-refractivity contribution in [2.45, 2.75) is 0 Å². The molecular formula is C51H32N2OS. The Morgan fingerprint density at radius 3 is 1.69 bits per heavy atom. The lowest BCUT2D eigenvalue weighted by atomic mass is 10.00. The zero-order chi connectivity index (χ0) is 36.3. The van der Waals surface area contributed by atoms with E-state index in [1.807, 2.05) is 6.07 Å². The van der Waals surface area contributed by atoms with Gasteiger partial charge in [0.2, 0.25) is 0 Å². The maximum atomic E-state index is 6.53. The van der Waals surface area contributed by atoms with Gasteiger partial charge in [0.25, 0.3) is 0 Å². The van der Waals surface area contributed by atoms with E-state index < -0.39 is 0 Å². The summed E-state index contributed by atoms with van der Waals surface area (Å²) in [6.45, 7) is 0. The third kappa shape index (κ3) is 5.46. The fourth-order valence-corrected chi connectivity index (χ4v) is 9.00. The number of nitrogens with zero attached hydrogens (tertiary/aromatic N) is 2. The Morgan fingerprint density at radius 2 is 0.945 bits per heavy atom. The van der Waals surface area contributed by atoms with Crippen molar-refractivity contribution in [1.82, 2.24) is 4.98 Å². The van der Waals surface area contributed by atoms with Crippen molar-refractivity contribution in [3.05, 3.63) is 194 Å². The van der Waals surface area contributed by atoms with Gasteiger partial charge in [-0.2, -0.15) is 0 Å². The third-order valence-corrected chi connectivity index (χ3v) is 11.8. The number of rotatable bonds is 6. The van der Waals surface area contributed by atoms with Crippen molar-refractivity contribution in [3.63, 3.8) is 0 Å². The standard InChI is InChI=1S/C51H32N2OS/c1-3-9-33(10-4-1)34-15-17-35(18-16-34)36-19-24-40(25-20-36)53(42-27-30-48-46(32-42)44-28-22-37-11-7-8-14-43(37)49(44)54-48)41-26-21-38-23-29-47-50(45(38)31-41)55-51(52-47)39-12-5-2-6-13-39/h1-32H. The van der Waals surface area contributed by atoms with Crippen molar-refractivity contribution in [2.24, 2.45) is 0 Å². The smallest absolute Gasteiger partial charge is 0.143 e. The topological polar surface area (TPSA) is 29.3 Å². The van der Waals surface area contributed by atoms with E-state index in [4.69, 9.17) is 9.40 Å². The predicted molar refractivity (Wildman–Crippen MR) is 233 cm³/mol. The number of furan rings is 1. The van der Waals surface area contributed by atoms with Crippen LogP contribution in [-0.2, 0) is 0 Å². The summed E-state index contributed by atoms with van der Waals surface area (Å²) in [5.74, 6) is 0. The summed E-state index contributed by atoms with van der Waals surface area (Å²) in [7, 11) is 0. The van der Waals surface area contributed by atoms with Gasteiger partial charge in [0.15, 0.2) is 0 Å². The minimum atomic E-state index is 0.877. The summed E-state index contributed by atoms with van der Waals surface area (Å²) in [5.41, 5.74) is 11.9. The van der Waals surface area contributed by atoms with E-state index in [9.17, 15) is 0 Å². The number of thiazole rings is 1. The second-order valence-electron chi connectivity index (χ2n) is 14.0. The molecule has 0 saturated carbocycles. The van der Waals surface area contributed by atoms with Crippen LogP contribution in [-0.4, -0.2) is 4.98 Å². The van der Waals surface area contributed by atoms with E-state index in [1.54, 1.807) is 11.3 Å². The van der Waals surface area contributed by atoms with Gasteiger partial charge in [-0.1, -0.05) is 140 Å². The number of anilines is 3. The minimum Gasteiger partial charge on any atom is -0.455 e. The molecule has 0 radical (unpaired) electrons. The van der Waals surface area contributed by atoms with E-state index in [0.29, 0.717) is 0 Å². The molecule has 0 atom stereocenters. The summed E-state index contributed by atoms with van der Waals surface area (Å²) in [6.07, 6.45) is 0. The number of aromatic nitrogens is 1. The zero-order valence-electron chi connectivity index (χ0n) is 29.7.